The van der Waals surface area contributed by atoms with Gasteiger partial charge in [0, 0.05) is 5.69 Å². The molecule has 0 bridgehead atoms. The first-order valence-corrected chi connectivity index (χ1v) is 5.02. The van der Waals surface area contributed by atoms with E-state index in [1.54, 1.807) is 19.2 Å². The normalized spacial score (nSPS) is 11.8. The van der Waals surface area contributed by atoms with Crippen LogP contribution in [-0.4, -0.2) is 30.8 Å². The molecule has 0 aliphatic carbocycles. The van der Waals surface area contributed by atoms with Crippen LogP contribution in [0.25, 0.3) is 5.95 Å². The van der Waals surface area contributed by atoms with Gasteiger partial charge >= 0.3 is 0 Å². The Labute approximate surface area is 102 Å². The molecule has 0 saturated carbocycles. The second kappa shape index (κ2) is 4.38. The fourth-order valence-corrected chi connectivity index (χ4v) is 1.38. The molecule has 3 N–H and O–H groups in total. The number of hydrogen-bond donors (Lipinski definition) is 2. The molecular formula is C9H9ClN6O. The van der Waals surface area contributed by atoms with Gasteiger partial charge in [-0.2, -0.15) is 5.10 Å². The van der Waals surface area contributed by atoms with Crippen LogP contribution in [0.5, 0.6) is 0 Å². The van der Waals surface area contributed by atoms with Crippen molar-refractivity contribution in [3.05, 3.63) is 34.9 Å². The van der Waals surface area contributed by atoms with Gasteiger partial charge in [0.2, 0.25) is 0 Å². The predicted octanol–water partition coefficient (Wildman–Crippen LogP) is 0.719. The molecule has 0 atom stereocenters. The Hall–Kier alpha value is -2.15. The summed E-state index contributed by atoms with van der Waals surface area (Å²) < 4.78 is 1.41. The van der Waals surface area contributed by atoms with Crippen LogP contribution in [0.4, 0.5) is 0 Å². The van der Waals surface area contributed by atoms with Gasteiger partial charge in [-0.1, -0.05) is 16.8 Å². The highest BCUT2D eigenvalue weighted by Crippen LogP contribution is 2.09. The van der Waals surface area contributed by atoms with Gasteiger partial charge in [-0.05, 0) is 13.0 Å². The van der Waals surface area contributed by atoms with Crippen LogP contribution >= 0.6 is 11.6 Å². The minimum absolute atomic E-state index is 0.0880. The van der Waals surface area contributed by atoms with Crippen LogP contribution in [0.2, 0.25) is 5.02 Å². The van der Waals surface area contributed by atoms with Crippen molar-refractivity contribution in [2.75, 3.05) is 0 Å². The van der Waals surface area contributed by atoms with Gasteiger partial charge in [-0.25, -0.2) is 14.6 Å². The van der Waals surface area contributed by atoms with E-state index < -0.39 is 0 Å². The number of nitrogens with two attached hydrogens (primary N) is 1. The van der Waals surface area contributed by atoms with E-state index in [9.17, 15) is 0 Å². The Morgan fingerprint density at radius 1 is 1.53 bits per heavy atom. The summed E-state index contributed by atoms with van der Waals surface area (Å²) in [6.07, 6.45) is 3.03. The molecule has 0 aliphatic heterocycles. The number of halogens is 1. The SMILES string of the molecule is Cc1cc(/C(N)=N/O)nc(-n2cc(Cl)cn2)n1. The number of aryl methyl sites for hydroxylation is 1. The molecule has 0 spiro atoms. The zero-order chi connectivity index (χ0) is 12.4. The minimum Gasteiger partial charge on any atom is -0.409 e. The molecule has 2 rings (SSSR count). The molecule has 2 aromatic heterocycles. The standard InChI is InChI=1S/C9H9ClN6O/c1-5-2-7(8(11)15-17)14-9(13-5)16-4-6(10)3-12-16/h2-4,17H,1H3,(H2,11,15). The summed E-state index contributed by atoms with van der Waals surface area (Å²) in [4.78, 5) is 8.28. The largest absolute Gasteiger partial charge is 0.409 e. The molecule has 0 fully saturated rings. The summed E-state index contributed by atoms with van der Waals surface area (Å²) in [6.45, 7) is 1.77. The van der Waals surface area contributed by atoms with Crippen LogP contribution < -0.4 is 5.73 Å². The van der Waals surface area contributed by atoms with Crippen molar-refractivity contribution in [2.45, 2.75) is 6.92 Å². The third-order valence-corrected chi connectivity index (χ3v) is 2.16. The molecule has 17 heavy (non-hydrogen) atoms. The fourth-order valence-electron chi connectivity index (χ4n) is 1.25. The lowest BCUT2D eigenvalue weighted by molar-refractivity contribution is 0.318. The van der Waals surface area contributed by atoms with E-state index in [0.717, 1.165) is 0 Å². The molecule has 88 valence electrons. The lowest BCUT2D eigenvalue weighted by atomic mass is 10.3. The van der Waals surface area contributed by atoms with Gasteiger partial charge < -0.3 is 10.9 Å². The highest BCUT2D eigenvalue weighted by Gasteiger charge is 2.08. The summed E-state index contributed by atoms with van der Waals surface area (Å²) in [5.74, 6) is 0.216. The monoisotopic (exact) mass is 252 g/mol. The van der Waals surface area contributed by atoms with Gasteiger partial charge in [0.1, 0.15) is 5.69 Å². The van der Waals surface area contributed by atoms with Gasteiger partial charge in [0.15, 0.2) is 5.84 Å². The van der Waals surface area contributed by atoms with E-state index in [2.05, 4.69) is 20.2 Å². The third kappa shape index (κ3) is 2.34. The first kappa shape index (κ1) is 11.3. The first-order chi connectivity index (χ1) is 8.10. The second-order valence-corrected chi connectivity index (χ2v) is 3.72. The average Bonchev–Trinajstić information content (AvgIpc) is 2.74. The maximum absolute atomic E-state index is 8.60. The van der Waals surface area contributed by atoms with Crippen molar-refractivity contribution < 1.29 is 5.21 Å². The van der Waals surface area contributed by atoms with Crippen LogP contribution in [0, 0.1) is 6.92 Å². The van der Waals surface area contributed by atoms with E-state index in [1.165, 1.54) is 10.9 Å². The Morgan fingerprint density at radius 2 is 2.29 bits per heavy atom. The Bertz CT molecular complexity index is 579. The molecule has 0 saturated heterocycles. The summed E-state index contributed by atoms with van der Waals surface area (Å²) in [7, 11) is 0. The van der Waals surface area contributed by atoms with Crippen molar-refractivity contribution >= 4 is 17.4 Å². The minimum atomic E-state index is -0.0880. The Balaban J connectivity index is 2.52. The molecule has 7 nitrogen and oxygen atoms in total. The van der Waals surface area contributed by atoms with Crippen molar-refractivity contribution in [3.63, 3.8) is 0 Å². The molecule has 0 aliphatic rings. The number of amidine groups is 1. The second-order valence-electron chi connectivity index (χ2n) is 3.28. The zero-order valence-corrected chi connectivity index (χ0v) is 9.63. The van der Waals surface area contributed by atoms with E-state index in [-0.39, 0.29) is 5.84 Å². The predicted molar refractivity (Wildman–Crippen MR) is 61.4 cm³/mol. The molecule has 0 unspecified atom stereocenters. The average molecular weight is 253 g/mol. The van der Waals surface area contributed by atoms with E-state index in [0.29, 0.717) is 22.4 Å². The van der Waals surface area contributed by atoms with Crippen molar-refractivity contribution in [1.29, 1.82) is 0 Å². The molecule has 2 aromatic rings. The number of oxime groups is 1. The topological polar surface area (TPSA) is 102 Å². The summed E-state index contributed by atoms with van der Waals surface area (Å²) >= 11 is 5.75. The zero-order valence-electron chi connectivity index (χ0n) is 8.87. The lowest BCUT2D eigenvalue weighted by Gasteiger charge is -2.04. The van der Waals surface area contributed by atoms with Crippen LogP contribution in [0.15, 0.2) is 23.6 Å². The van der Waals surface area contributed by atoms with Gasteiger partial charge in [-0.15, -0.1) is 0 Å². The van der Waals surface area contributed by atoms with Crippen molar-refractivity contribution in [2.24, 2.45) is 10.9 Å². The lowest BCUT2D eigenvalue weighted by Crippen LogP contribution is -2.17. The maximum atomic E-state index is 8.60. The third-order valence-electron chi connectivity index (χ3n) is 1.97. The maximum Gasteiger partial charge on any atom is 0.251 e. The molecule has 0 radical (unpaired) electrons. The highest BCUT2D eigenvalue weighted by molar-refractivity contribution is 6.30. The van der Waals surface area contributed by atoms with Crippen molar-refractivity contribution in [1.82, 2.24) is 19.7 Å². The van der Waals surface area contributed by atoms with Crippen LogP contribution in [0.3, 0.4) is 0 Å². The van der Waals surface area contributed by atoms with Gasteiger partial charge in [0.05, 0.1) is 17.4 Å². The van der Waals surface area contributed by atoms with Crippen molar-refractivity contribution in [3.8, 4) is 5.95 Å². The Morgan fingerprint density at radius 3 is 2.88 bits per heavy atom. The van der Waals surface area contributed by atoms with E-state index in [4.69, 9.17) is 22.5 Å². The smallest absolute Gasteiger partial charge is 0.251 e. The number of nitrogens with zero attached hydrogens (tertiary/aromatic N) is 5. The molecule has 2 heterocycles. The molecule has 0 aromatic carbocycles. The molecular weight excluding hydrogens is 244 g/mol. The molecule has 0 amide bonds. The Kier molecular flexibility index (Phi) is 2.92. The highest BCUT2D eigenvalue weighted by atomic mass is 35.5. The fraction of sp³-hybridized carbons (Fsp3) is 0.111. The number of hydrogen-bond acceptors (Lipinski definition) is 5. The van der Waals surface area contributed by atoms with E-state index in [1.807, 2.05) is 0 Å². The van der Waals surface area contributed by atoms with E-state index >= 15 is 0 Å². The van der Waals surface area contributed by atoms with Crippen LogP contribution in [-0.2, 0) is 0 Å². The summed E-state index contributed by atoms with van der Waals surface area (Å²) in [5, 5.41) is 15.9. The van der Waals surface area contributed by atoms with Crippen LogP contribution in [0.1, 0.15) is 11.4 Å². The first-order valence-electron chi connectivity index (χ1n) is 4.64. The van der Waals surface area contributed by atoms with Gasteiger partial charge in [0.25, 0.3) is 5.95 Å². The number of rotatable bonds is 2. The van der Waals surface area contributed by atoms with Gasteiger partial charge in [-0.3, -0.25) is 0 Å². The quantitative estimate of drug-likeness (QED) is 0.355. The number of aromatic nitrogens is 4. The summed E-state index contributed by atoms with van der Waals surface area (Å²) in [5.41, 5.74) is 6.46. The summed E-state index contributed by atoms with van der Waals surface area (Å²) in [6, 6.07) is 1.60. The molecule has 8 heteroatoms.